The minimum absolute atomic E-state index is 0.141. The van der Waals surface area contributed by atoms with Crippen molar-refractivity contribution in [2.45, 2.75) is 31.7 Å². The van der Waals surface area contributed by atoms with E-state index in [0.29, 0.717) is 17.3 Å². The van der Waals surface area contributed by atoms with Crippen LogP contribution in [0.5, 0.6) is 11.5 Å². The van der Waals surface area contributed by atoms with Gasteiger partial charge in [-0.2, -0.15) is 0 Å². The number of nitrogens with two attached hydrogens (primary N) is 1. The lowest BCUT2D eigenvalue weighted by molar-refractivity contribution is 0.467. The third kappa shape index (κ3) is 3.51. The van der Waals surface area contributed by atoms with Gasteiger partial charge in [0.15, 0.2) is 11.6 Å². The maximum atomic E-state index is 11.9. The van der Waals surface area contributed by atoms with Crippen LogP contribution in [0.15, 0.2) is 23.5 Å². The third-order valence-corrected chi connectivity index (χ3v) is 4.04. The maximum Gasteiger partial charge on any atom is 0.187 e. The summed E-state index contributed by atoms with van der Waals surface area (Å²) in [6.07, 6.45) is 4.39. The Morgan fingerprint density at radius 2 is 1.95 bits per heavy atom. The number of nitrogens with zero attached hydrogens (tertiary/aromatic N) is 3. The number of pyridine rings is 1. The number of aromatic nitrogens is 3. The zero-order chi connectivity index (χ0) is 16.5. The summed E-state index contributed by atoms with van der Waals surface area (Å²) in [6.45, 7) is 5.71. The molecule has 22 heavy (non-hydrogen) atoms. The molecule has 0 radical (unpaired) electrons. The van der Waals surface area contributed by atoms with Crippen LogP contribution in [-0.2, 0) is 9.73 Å². The predicted molar refractivity (Wildman–Crippen MR) is 84.6 cm³/mol. The smallest absolute Gasteiger partial charge is 0.187 e. The molecule has 1 atom stereocenters. The van der Waals surface area contributed by atoms with E-state index in [2.05, 4.69) is 15.0 Å². The van der Waals surface area contributed by atoms with Gasteiger partial charge < -0.3 is 10.5 Å². The molecule has 8 heteroatoms. The zero-order valence-electron chi connectivity index (χ0n) is 13.0. The van der Waals surface area contributed by atoms with Gasteiger partial charge in [0.25, 0.3) is 0 Å². The largest absolute Gasteiger partial charge is 0.451 e. The Kier molecular flexibility index (Phi) is 4.32. The number of nitrogens with one attached hydrogen (secondary N) is 1. The van der Waals surface area contributed by atoms with Crippen LogP contribution in [0.4, 0.5) is 5.82 Å². The molecule has 0 saturated carbocycles. The second kappa shape index (κ2) is 5.88. The number of anilines is 1. The lowest BCUT2D eigenvalue weighted by Gasteiger charge is -2.15. The third-order valence-electron chi connectivity index (χ3n) is 3.01. The van der Waals surface area contributed by atoms with Crippen LogP contribution in [-0.4, -0.2) is 25.4 Å². The summed E-state index contributed by atoms with van der Waals surface area (Å²) in [5, 5.41) is 0.165. The van der Waals surface area contributed by atoms with E-state index in [-0.39, 0.29) is 16.8 Å². The molecule has 3 N–H and O–H groups in total. The fraction of sp³-hybridized carbons (Fsp3) is 0.357. The SMILES string of the molecule is Cc1ncc(Oc2cc(S(C)(=N)=O)ncc2C(C)C)c(N)n1. The Hall–Kier alpha value is -2.22. The van der Waals surface area contributed by atoms with Crippen LogP contribution in [0.25, 0.3) is 0 Å². The molecule has 2 rings (SSSR count). The van der Waals surface area contributed by atoms with Crippen LogP contribution in [0, 0.1) is 11.7 Å². The molecule has 2 aromatic rings. The van der Waals surface area contributed by atoms with Crippen LogP contribution in [0.2, 0.25) is 0 Å². The Balaban J connectivity index is 2.51. The van der Waals surface area contributed by atoms with Crippen molar-refractivity contribution in [2.75, 3.05) is 12.0 Å². The first kappa shape index (κ1) is 16.2. The molecule has 0 aliphatic rings. The Morgan fingerprint density at radius 3 is 2.50 bits per heavy atom. The van der Waals surface area contributed by atoms with Crippen LogP contribution >= 0.6 is 0 Å². The number of ether oxygens (including phenoxy) is 1. The van der Waals surface area contributed by atoms with Gasteiger partial charge >= 0.3 is 0 Å². The molecule has 0 bridgehead atoms. The molecule has 7 nitrogen and oxygen atoms in total. The van der Waals surface area contributed by atoms with Crippen molar-refractivity contribution < 1.29 is 8.95 Å². The van der Waals surface area contributed by atoms with E-state index in [0.717, 1.165) is 5.56 Å². The van der Waals surface area contributed by atoms with Crippen molar-refractivity contribution >= 4 is 15.5 Å². The first-order valence-corrected chi connectivity index (χ1v) is 8.66. The highest BCUT2D eigenvalue weighted by Gasteiger charge is 2.16. The summed E-state index contributed by atoms with van der Waals surface area (Å²) < 4.78 is 25.3. The summed E-state index contributed by atoms with van der Waals surface area (Å²) in [4.78, 5) is 12.2. The molecule has 2 heterocycles. The molecule has 1 unspecified atom stereocenters. The maximum absolute atomic E-state index is 11.9. The normalized spacial score (nSPS) is 13.9. The number of rotatable bonds is 4. The van der Waals surface area contributed by atoms with Crippen LogP contribution in [0.3, 0.4) is 0 Å². The van der Waals surface area contributed by atoms with Gasteiger partial charge in [0, 0.05) is 24.1 Å². The Labute approximate surface area is 129 Å². The van der Waals surface area contributed by atoms with Gasteiger partial charge in [-0.15, -0.1) is 0 Å². The minimum atomic E-state index is -2.93. The fourth-order valence-electron chi connectivity index (χ4n) is 1.84. The molecular formula is C14H19N5O2S. The van der Waals surface area contributed by atoms with Gasteiger partial charge in [0.05, 0.1) is 15.9 Å². The van der Waals surface area contributed by atoms with Crippen LogP contribution in [0.1, 0.15) is 31.2 Å². The van der Waals surface area contributed by atoms with Crippen molar-refractivity contribution in [3.05, 3.63) is 29.8 Å². The van der Waals surface area contributed by atoms with Gasteiger partial charge in [-0.05, 0) is 12.8 Å². The van der Waals surface area contributed by atoms with Crippen molar-refractivity contribution in [2.24, 2.45) is 0 Å². The molecule has 0 aromatic carbocycles. The highest BCUT2D eigenvalue weighted by atomic mass is 32.2. The Morgan fingerprint density at radius 1 is 1.27 bits per heavy atom. The Bertz CT molecular complexity index is 803. The standard InChI is InChI=1S/C14H19N5O2S/c1-8(2)10-6-18-13(22(4,16)20)5-11(10)21-12-7-17-9(3)19-14(12)15/h5-8,16H,1-4H3,(H2,15,17,19). The first-order valence-electron chi connectivity index (χ1n) is 6.69. The number of hydrogen-bond donors (Lipinski definition) is 2. The molecule has 118 valence electrons. The van der Waals surface area contributed by atoms with Crippen molar-refractivity contribution in [3.63, 3.8) is 0 Å². The topological polar surface area (TPSA) is 115 Å². The van der Waals surface area contributed by atoms with Crippen LogP contribution < -0.4 is 10.5 Å². The molecule has 0 aliphatic carbocycles. The van der Waals surface area contributed by atoms with E-state index in [9.17, 15) is 4.21 Å². The molecule has 0 aliphatic heterocycles. The van der Waals surface area contributed by atoms with Crippen molar-refractivity contribution in [1.82, 2.24) is 15.0 Å². The van der Waals surface area contributed by atoms with E-state index < -0.39 is 9.73 Å². The molecule has 0 fully saturated rings. The first-order chi connectivity index (χ1) is 10.2. The van der Waals surface area contributed by atoms with E-state index in [1.165, 1.54) is 18.5 Å². The second-order valence-corrected chi connectivity index (χ2v) is 7.43. The van der Waals surface area contributed by atoms with Gasteiger partial charge in [-0.25, -0.2) is 23.9 Å². The molecular weight excluding hydrogens is 302 g/mol. The predicted octanol–water partition coefficient (Wildman–Crippen LogP) is 2.71. The van der Waals surface area contributed by atoms with Gasteiger partial charge in [0.2, 0.25) is 0 Å². The average molecular weight is 321 g/mol. The van der Waals surface area contributed by atoms with Gasteiger partial charge in [-0.3, -0.25) is 0 Å². The zero-order valence-corrected chi connectivity index (χ0v) is 13.8. The molecule has 0 spiro atoms. The van der Waals surface area contributed by atoms with E-state index in [4.69, 9.17) is 15.3 Å². The highest BCUT2D eigenvalue weighted by molar-refractivity contribution is 7.91. The number of aryl methyl sites for hydroxylation is 1. The lowest BCUT2D eigenvalue weighted by atomic mass is 10.1. The van der Waals surface area contributed by atoms with E-state index in [1.807, 2.05) is 13.8 Å². The quantitative estimate of drug-likeness (QED) is 0.894. The lowest BCUT2D eigenvalue weighted by Crippen LogP contribution is -2.04. The number of nitrogen functional groups attached to an aromatic ring is 1. The van der Waals surface area contributed by atoms with E-state index >= 15 is 0 Å². The summed E-state index contributed by atoms with van der Waals surface area (Å²) in [7, 11) is -2.93. The summed E-state index contributed by atoms with van der Waals surface area (Å²) in [5.74, 6) is 1.69. The molecule has 2 aromatic heterocycles. The van der Waals surface area contributed by atoms with Gasteiger partial charge in [-0.1, -0.05) is 13.8 Å². The van der Waals surface area contributed by atoms with Crippen molar-refractivity contribution in [3.8, 4) is 11.5 Å². The summed E-state index contributed by atoms with van der Waals surface area (Å²) in [6, 6.07) is 1.52. The summed E-state index contributed by atoms with van der Waals surface area (Å²) in [5.41, 5.74) is 6.66. The highest BCUT2D eigenvalue weighted by Crippen LogP contribution is 2.33. The average Bonchev–Trinajstić information content (AvgIpc) is 2.40. The van der Waals surface area contributed by atoms with E-state index in [1.54, 1.807) is 13.1 Å². The van der Waals surface area contributed by atoms with Crippen molar-refractivity contribution in [1.29, 1.82) is 4.78 Å². The number of hydrogen-bond acceptors (Lipinski definition) is 7. The monoisotopic (exact) mass is 321 g/mol. The summed E-state index contributed by atoms with van der Waals surface area (Å²) >= 11 is 0. The molecule has 0 saturated heterocycles. The van der Waals surface area contributed by atoms with Gasteiger partial charge in [0.1, 0.15) is 16.6 Å². The molecule has 0 amide bonds. The fourth-order valence-corrected chi connectivity index (χ4v) is 2.42. The second-order valence-electron chi connectivity index (χ2n) is 5.33. The minimum Gasteiger partial charge on any atom is -0.451 e.